The van der Waals surface area contributed by atoms with E-state index in [9.17, 15) is 14.0 Å². The van der Waals surface area contributed by atoms with Crippen molar-refractivity contribution in [2.24, 2.45) is 0 Å². The van der Waals surface area contributed by atoms with Crippen LogP contribution in [0.2, 0.25) is 0 Å². The number of hydrogen-bond acceptors (Lipinski definition) is 4. The van der Waals surface area contributed by atoms with E-state index in [-0.39, 0.29) is 17.4 Å². The molecule has 2 aromatic carbocycles. The Bertz CT molecular complexity index is 1310. The highest BCUT2D eigenvalue weighted by Gasteiger charge is 2.31. The molecule has 5 rings (SSSR count). The van der Waals surface area contributed by atoms with Gasteiger partial charge in [0.05, 0.1) is 11.6 Å². The standard InChI is InChI=1S/C34H37FN2O2/c35-29-15-13-26(14-16-29)21-31-30-22-28(33(38)12-6-9-19-37-17-7-1-2-8-18-37)24-36-32(30)23-27(34(31)39)20-25-10-4-3-5-11-25/h3-5,10-11,13-16,22-24,31H,1-2,6-9,12,17-21H2. The maximum atomic E-state index is 13.8. The third-order valence-electron chi connectivity index (χ3n) is 8.01. The average molecular weight is 525 g/mol. The molecule has 4 nitrogen and oxygen atoms in total. The molecule has 1 saturated heterocycles. The Hall–Kier alpha value is -3.44. The van der Waals surface area contributed by atoms with Crippen LogP contribution in [-0.2, 0) is 17.6 Å². The van der Waals surface area contributed by atoms with Gasteiger partial charge in [0.25, 0.3) is 0 Å². The number of likely N-dealkylation sites (tertiary alicyclic amines) is 1. The summed E-state index contributed by atoms with van der Waals surface area (Å²) in [7, 11) is 0. The van der Waals surface area contributed by atoms with E-state index in [4.69, 9.17) is 0 Å². The molecule has 1 aromatic heterocycles. The number of aromatic nitrogens is 1. The lowest BCUT2D eigenvalue weighted by Gasteiger charge is -2.25. The first-order valence-electron chi connectivity index (χ1n) is 14.4. The van der Waals surface area contributed by atoms with Crippen molar-refractivity contribution in [3.05, 3.63) is 106 Å². The van der Waals surface area contributed by atoms with Gasteiger partial charge in [0.1, 0.15) is 5.82 Å². The van der Waals surface area contributed by atoms with Crippen LogP contribution in [0.1, 0.15) is 83.6 Å². The fourth-order valence-corrected chi connectivity index (χ4v) is 5.78. The summed E-state index contributed by atoms with van der Waals surface area (Å²) in [6.45, 7) is 3.40. The number of halogens is 1. The molecule has 0 spiro atoms. The van der Waals surface area contributed by atoms with E-state index in [1.807, 2.05) is 42.5 Å². The van der Waals surface area contributed by atoms with Crippen LogP contribution in [0.5, 0.6) is 0 Å². The second kappa shape index (κ2) is 13.1. The lowest BCUT2D eigenvalue weighted by atomic mass is 9.78. The van der Waals surface area contributed by atoms with Crippen LogP contribution in [0.4, 0.5) is 4.39 Å². The van der Waals surface area contributed by atoms with Crippen LogP contribution >= 0.6 is 0 Å². The van der Waals surface area contributed by atoms with E-state index >= 15 is 0 Å². The molecular weight excluding hydrogens is 487 g/mol. The number of allylic oxidation sites excluding steroid dienone is 1. The van der Waals surface area contributed by atoms with Gasteiger partial charge >= 0.3 is 0 Å². The Morgan fingerprint density at radius 2 is 1.67 bits per heavy atom. The summed E-state index contributed by atoms with van der Waals surface area (Å²) in [5, 5.41) is 0. The molecule has 0 radical (unpaired) electrons. The number of carbonyl (C=O) groups is 2. The SMILES string of the molecule is O=C(CCCCN1CCCCCC1)c1cnc2c(c1)C(Cc1ccc(F)cc1)C(=O)C(Cc1ccccc1)=C2. The number of rotatable bonds is 10. The van der Waals surface area contributed by atoms with Gasteiger partial charge in [0.15, 0.2) is 11.6 Å². The minimum Gasteiger partial charge on any atom is -0.303 e. The molecule has 202 valence electrons. The van der Waals surface area contributed by atoms with Crippen molar-refractivity contribution < 1.29 is 14.0 Å². The van der Waals surface area contributed by atoms with E-state index in [2.05, 4.69) is 9.88 Å². The Morgan fingerprint density at radius 1 is 0.923 bits per heavy atom. The van der Waals surface area contributed by atoms with Gasteiger partial charge in [0, 0.05) is 30.2 Å². The first-order chi connectivity index (χ1) is 19.1. The molecule has 5 heteroatoms. The van der Waals surface area contributed by atoms with Crippen molar-refractivity contribution in [2.75, 3.05) is 19.6 Å². The summed E-state index contributed by atoms with van der Waals surface area (Å²) in [6, 6.07) is 18.1. The van der Waals surface area contributed by atoms with E-state index in [0.717, 1.165) is 41.8 Å². The zero-order valence-electron chi connectivity index (χ0n) is 22.6. The monoisotopic (exact) mass is 524 g/mol. The number of ketones is 2. The number of fused-ring (bicyclic) bond motifs is 1. The summed E-state index contributed by atoms with van der Waals surface area (Å²) in [5.41, 5.74) is 4.75. The van der Waals surface area contributed by atoms with Crippen LogP contribution in [-0.4, -0.2) is 41.1 Å². The summed E-state index contributed by atoms with van der Waals surface area (Å²) in [6.07, 6.45) is 12.1. The first-order valence-corrected chi connectivity index (χ1v) is 14.4. The number of unbranched alkanes of at least 4 members (excludes halogenated alkanes) is 1. The second-order valence-electron chi connectivity index (χ2n) is 10.9. The molecule has 0 amide bonds. The van der Waals surface area contributed by atoms with Crippen LogP contribution in [0.3, 0.4) is 0 Å². The van der Waals surface area contributed by atoms with E-state index in [0.29, 0.717) is 30.4 Å². The van der Waals surface area contributed by atoms with Gasteiger partial charge in [-0.15, -0.1) is 0 Å². The second-order valence-corrected chi connectivity index (χ2v) is 10.9. The van der Waals surface area contributed by atoms with Crippen LogP contribution in [0.25, 0.3) is 6.08 Å². The molecule has 1 unspecified atom stereocenters. The van der Waals surface area contributed by atoms with Crippen molar-refractivity contribution in [1.82, 2.24) is 9.88 Å². The van der Waals surface area contributed by atoms with Gasteiger partial charge in [-0.2, -0.15) is 0 Å². The van der Waals surface area contributed by atoms with Gasteiger partial charge in [0.2, 0.25) is 0 Å². The molecular formula is C34H37FN2O2. The van der Waals surface area contributed by atoms with Crippen molar-refractivity contribution in [2.45, 2.75) is 63.7 Å². The Kier molecular flexibility index (Phi) is 9.10. The first kappa shape index (κ1) is 27.1. The molecule has 3 aromatic rings. The predicted molar refractivity (Wildman–Crippen MR) is 153 cm³/mol. The number of pyridine rings is 1. The van der Waals surface area contributed by atoms with Crippen molar-refractivity contribution in [3.8, 4) is 0 Å². The van der Waals surface area contributed by atoms with Gasteiger partial charge < -0.3 is 4.90 Å². The summed E-state index contributed by atoms with van der Waals surface area (Å²) in [4.78, 5) is 34.1. The average Bonchev–Trinajstić information content (AvgIpc) is 3.23. The molecule has 2 aliphatic rings. The highest BCUT2D eigenvalue weighted by atomic mass is 19.1. The van der Waals surface area contributed by atoms with Gasteiger partial charge in [-0.3, -0.25) is 14.6 Å². The number of benzene rings is 2. The number of carbonyl (C=O) groups excluding carboxylic acids is 2. The van der Waals surface area contributed by atoms with Gasteiger partial charge in [-0.25, -0.2) is 4.39 Å². The highest BCUT2D eigenvalue weighted by molar-refractivity contribution is 6.07. The third kappa shape index (κ3) is 7.15. The van der Waals surface area contributed by atoms with Gasteiger partial charge in [-0.05, 0) is 92.7 Å². The smallest absolute Gasteiger partial charge is 0.167 e. The zero-order valence-corrected chi connectivity index (χ0v) is 22.6. The maximum Gasteiger partial charge on any atom is 0.167 e. The van der Waals surface area contributed by atoms with E-state index in [1.165, 1.54) is 50.9 Å². The lowest BCUT2D eigenvalue weighted by Crippen LogP contribution is -2.25. The summed E-state index contributed by atoms with van der Waals surface area (Å²) in [5.74, 6) is -0.644. The molecule has 1 fully saturated rings. The fourth-order valence-electron chi connectivity index (χ4n) is 5.78. The van der Waals surface area contributed by atoms with Crippen LogP contribution in [0, 0.1) is 5.82 Å². The molecule has 1 aliphatic heterocycles. The van der Waals surface area contributed by atoms with Crippen molar-refractivity contribution in [3.63, 3.8) is 0 Å². The topological polar surface area (TPSA) is 50.3 Å². The number of hydrogen-bond donors (Lipinski definition) is 0. The minimum atomic E-state index is -0.461. The molecule has 0 saturated carbocycles. The highest BCUT2D eigenvalue weighted by Crippen LogP contribution is 2.35. The molecule has 2 heterocycles. The van der Waals surface area contributed by atoms with Crippen LogP contribution < -0.4 is 0 Å². The largest absolute Gasteiger partial charge is 0.303 e. The van der Waals surface area contributed by atoms with Crippen LogP contribution in [0.15, 0.2) is 72.4 Å². The zero-order chi connectivity index (χ0) is 27.0. The number of Topliss-reactive ketones (excluding diaryl/α,β-unsaturated/α-hetero) is 2. The molecule has 1 aliphatic carbocycles. The minimum absolute atomic E-state index is 0.0412. The number of nitrogens with zero attached hydrogens (tertiary/aromatic N) is 2. The Balaban J connectivity index is 1.32. The molecule has 39 heavy (non-hydrogen) atoms. The van der Waals surface area contributed by atoms with Gasteiger partial charge in [-0.1, -0.05) is 55.3 Å². The molecule has 0 bridgehead atoms. The normalized spacial score (nSPS) is 17.8. The van der Waals surface area contributed by atoms with Crippen molar-refractivity contribution >= 4 is 17.6 Å². The van der Waals surface area contributed by atoms with E-state index in [1.54, 1.807) is 18.3 Å². The molecule has 0 N–H and O–H groups in total. The molecule has 1 atom stereocenters. The Labute approximate surface area is 231 Å². The lowest BCUT2D eigenvalue weighted by molar-refractivity contribution is -0.117. The predicted octanol–water partition coefficient (Wildman–Crippen LogP) is 6.98. The maximum absolute atomic E-state index is 13.8. The van der Waals surface area contributed by atoms with E-state index < -0.39 is 5.92 Å². The third-order valence-corrected chi connectivity index (χ3v) is 8.01. The summed E-state index contributed by atoms with van der Waals surface area (Å²) < 4.78 is 13.6. The Morgan fingerprint density at radius 3 is 2.41 bits per heavy atom. The fraction of sp³-hybridized carbons (Fsp3) is 0.382. The van der Waals surface area contributed by atoms with Crippen molar-refractivity contribution in [1.29, 1.82) is 0 Å². The quantitative estimate of drug-likeness (QED) is 0.212. The summed E-state index contributed by atoms with van der Waals surface area (Å²) >= 11 is 0.